The van der Waals surface area contributed by atoms with Gasteiger partial charge in [-0.2, -0.15) is 11.8 Å². The first-order valence-corrected chi connectivity index (χ1v) is 9.54. The first-order chi connectivity index (χ1) is 10.4. The molecule has 2 aliphatic rings. The van der Waals surface area contributed by atoms with Gasteiger partial charge in [-0.25, -0.2) is 0 Å². The lowest BCUT2D eigenvalue weighted by atomic mass is 10.0. The summed E-state index contributed by atoms with van der Waals surface area (Å²) in [6.07, 6.45) is 2.48. The average molecular weight is 316 g/mol. The second kappa shape index (κ2) is 5.76. The van der Waals surface area contributed by atoms with Crippen LogP contribution in [0.5, 0.6) is 0 Å². The monoisotopic (exact) mass is 316 g/mol. The number of thioether (sulfide) groups is 1. The largest absolute Gasteiger partial charge is 0.271 e. The van der Waals surface area contributed by atoms with E-state index in [-0.39, 0.29) is 0 Å². The van der Waals surface area contributed by atoms with Crippen molar-refractivity contribution in [3.63, 3.8) is 0 Å². The van der Waals surface area contributed by atoms with Crippen molar-refractivity contribution in [3.8, 4) is 0 Å². The van der Waals surface area contributed by atoms with E-state index >= 15 is 0 Å². The molecule has 3 N–H and O–H groups in total. The minimum atomic E-state index is 0.316. The summed E-state index contributed by atoms with van der Waals surface area (Å²) in [5.74, 6) is 9.65. The van der Waals surface area contributed by atoms with Gasteiger partial charge in [-0.15, -0.1) is 11.3 Å². The average Bonchev–Trinajstić information content (AvgIpc) is 3.20. The Morgan fingerprint density at radius 1 is 1.24 bits per heavy atom. The summed E-state index contributed by atoms with van der Waals surface area (Å²) < 4.78 is 0. The zero-order valence-electron chi connectivity index (χ0n) is 11.9. The number of aryl methyl sites for hydroxylation is 1. The number of thiophene rings is 1. The van der Waals surface area contributed by atoms with Crippen LogP contribution in [0.3, 0.4) is 0 Å². The van der Waals surface area contributed by atoms with Crippen LogP contribution >= 0.6 is 23.1 Å². The van der Waals surface area contributed by atoms with Gasteiger partial charge >= 0.3 is 0 Å². The standard InChI is InChI=1S/C17H20N2S2/c18-19-17(14-9-13(14)11-4-2-1-3-5-11)16-8-12-10-20-7-6-15(12)21-16/h1-5,8,13-14,17,19H,6-7,9-10,18H2. The maximum Gasteiger partial charge on any atom is 0.0587 e. The Morgan fingerprint density at radius 2 is 2.10 bits per heavy atom. The van der Waals surface area contributed by atoms with Crippen molar-refractivity contribution < 1.29 is 0 Å². The van der Waals surface area contributed by atoms with Gasteiger partial charge in [0.25, 0.3) is 0 Å². The van der Waals surface area contributed by atoms with E-state index < -0.39 is 0 Å². The molecular weight excluding hydrogens is 296 g/mol. The van der Waals surface area contributed by atoms with Gasteiger partial charge in [0, 0.05) is 15.5 Å². The minimum Gasteiger partial charge on any atom is -0.271 e. The molecular formula is C17H20N2S2. The summed E-state index contributed by atoms with van der Waals surface area (Å²) in [7, 11) is 0. The predicted molar refractivity (Wildman–Crippen MR) is 91.5 cm³/mol. The van der Waals surface area contributed by atoms with Gasteiger partial charge < -0.3 is 0 Å². The molecule has 0 amide bonds. The SMILES string of the molecule is NNC(c1cc2c(s1)CCSC2)C1CC1c1ccccc1. The molecule has 2 nitrogen and oxygen atoms in total. The molecule has 1 aromatic heterocycles. The minimum absolute atomic E-state index is 0.316. The van der Waals surface area contributed by atoms with Crippen molar-refractivity contribution >= 4 is 23.1 Å². The van der Waals surface area contributed by atoms with Crippen LogP contribution in [0.2, 0.25) is 0 Å². The molecule has 110 valence electrons. The fourth-order valence-electron chi connectivity index (χ4n) is 3.41. The molecule has 2 aromatic rings. The van der Waals surface area contributed by atoms with Gasteiger partial charge in [0.05, 0.1) is 6.04 Å². The van der Waals surface area contributed by atoms with Crippen LogP contribution in [-0.4, -0.2) is 5.75 Å². The lowest BCUT2D eigenvalue weighted by Crippen LogP contribution is -2.29. The molecule has 0 radical (unpaired) electrons. The summed E-state index contributed by atoms with van der Waals surface area (Å²) >= 11 is 4.02. The second-order valence-electron chi connectivity index (χ2n) is 5.96. The van der Waals surface area contributed by atoms with Gasteiger partial charge in [0.15, 0.2) is 0 Å². The van der Waals surface area contributed by atoms with E-state index in [1.54, 1.807) is 10.4 Å². The summed E-state index contributed by atoms with van der Waals surface area (Å²) in [4.78, 5) is 3.02. The lowest BCUT2D eigenvalue weighted by molar-refractivity contribution is 0.495. The summed E-state index contributed by atoms with van der Waals surface area (Å²) in [6, 6.07) is 13.6. The van der Waals surface area contributed by atoms with Crippen LogP contribution in [0.4, 0.5) is 0 Å². The predicted octanol–water partition coefficient (Wildman–Crippen LogP) is 3.85. The van der Waals surface area contributed by atoms with E-state index in [1.165, 1.54) is 34.8 Å². The second-order valence-corrected chi connectivity index (χ2v) is 8.23. The topological polar surface area (TPSA) is 38.0 Å². The fraction of sp³-hybridized carbons (Fsp3) is 0.412. The Morgan fingerprint density at radius 3 is 2.86 bits per heavy atom. The first kappa shape index (κ1) is 13.8. The summed E-state index contributed by atoms with van der Waals surface area (Å²) in [5.41, 5.74) is 6.10. The fourth-order valence-corrected chi connectivity index (χ4v) is 5.92. The van der Waals surface area contributed by atoms with Gasteiger partial charge in [0.1, 0.15) is 0 Å². The molecule has 1 aromatic carbocycles. The van der Waals surface area contributed by atoms with Crippen LogP contribution < -0.4 is 11.3 Å². The Hall–Kier alpha value is -0.810. The van der Waals surface area contributed by atoms with Crippen molar-refractivity contribution in [1.82, 2.24) is 5.43 Å². The molecule has 4 rings (SSSR count). The highest BCUT2D eigenvalue weighted by Gasteiger charge is 2.44. The molecule has 1 aliphatic carbocycles. The molecule has 0 spiro atoms. The molecule has 1 saturated carbocycles. The quantitative estimate of drug-likeness (QED) is 0.665. The number of rotatable bonds is 4. The van der Waals surface area contributed by atoms with E-state index in [1.807, 2.05) is 23.1 Å². The van der Waals surface area contributed by atoms with E-state index in [9.17, 15) is 0 Å². The van der Waals surface area contributed by atoms with Crippen LogP contribution in [0.25, 0.3) is 0 Å². The molecule has 4 heteroatoms. The van der Waals surface area contributed by atoms with E-state index in [2.05, 4.69) is 41.8 Å². The van der Waals surface area contributed by atoms with E-state index in [0.29, 0.717) is 17.9 Å². The van der Waals surface area contributed by atoms with Crippen LogP contribution in [0.15, 0.2) is 36.4 Å². The highest BCUT2D eigenvalue weighted by atomic mass is 32.2. The Bertz CT molecular complexity index is 599. The summed E-state index contributed by atoms with van der Waals surface area (Å²) in [6.45, 7) is 0. The molecule has 3 atom stereocenters. The van der Waals surface area contributed by atoms with Gasteiger partial charge in [-0.1, -0.05) is 30.3 Å². The van der Waals surface area contributed by atoms with E-state index in [4.69, 9.17) is 5.84 Å². The van der Waals surface area contributed by atoms with Crippen molar-refractivity contribution in [1.29, 1.82) is 0 Å². The number of benzene rings is 1. The van der Waals surface area contributed by atoms with Gasteiger partial charge in [0.2, 0.25) is 0 Å². The zero-order chi connectivity index (χ0) is 14.2. The molecule has 1 aliphatic heterocycles. The number of fused-ring (bicyclic) bond motifs is 1. The maximum absolute atomic E-state index is 5.90. The normalized spacial score (nSPS) is 25.4. The molecule has 21 heavy (non-hydrogen) atoms. The lowest BCUT2D eigenvalue weighted by Gasteiger charge is -2.14. The van der Waals surface area contributed by atoms with Gasteiger partial charge in [-0.05, 0) is 47.6 Å². The molecule has 2 heterocycles. The number of hydrogen-bond donors (Lipinski definition) is 2. The molecule has 3 unspecified atom stereocenters. The van der Waals surface area contributed by atoms with Crippen LogP contribution in [-0.2, 0) is 12.2 Å². The number of nitrogens with two attached hydrogens (primary N) is 1. The number of hydrogen-bond acceptors (Lipinski definition) is 4. The number of hydrazine groups is 1. The number of nitrogens with one attached hydrogen (secondary N) is 1. The third-order valence-corrected chi connectivity index (χ3v) is 6.96. The van der Waals surface area contributed by atoms with Crippen molar-refractivity contribution in [3.05, 3.63) is 57.3 Å². The highest BCUT2D eigenvalue weighted by molar-refractivity contribution is 7.98. The van der Waals surface area contributed by atoms with Crippen LogP contribution in [0, 0.1) is 5.92 Å². The maximum atomic E-state index is 5.90. The third kappa shape index (κ3) is 2.66. The first-order valence-electron chi connectivity index (χ1n) is 7.57. The third-order valence-electron chi connectivity index (χ3n) is 4.63. The molecule has 0 bridgehead atoms. The highest BCUT2D eigenvalue weighted by Crippen LogP contribution is 2.55. The Kier molecular flexibility index (Phi) is 3.79. The smallest absolute Gasteiger partial charge is 0.0587 e. The van der Waals surface area contributed by atoms with Crippen molar-refractivity contribution in [2.45, 2.75) is 30.6 Å². The van der Waals surface area contributed by atoms with E-state index in [0.717, 1.165) is 0 Å². The zero-order valence-corrected chi connectivity index (χ0v) is 13.6. The molecule has 1 fully saturated rings. The van der Waals surface area contributed by atoms with Crippen molar-refractivity contribution in [2.24, 2.45) is 11.8 Å². The molecule has 0 saturated heterocycles. The van der Waals surface area contributed by atoms with Crippen LogP contribution in [0.1, 0.15) is 39.3 Å². The summed E-state index contributed by atoms with van der Waals surface area (Å²) in [5, 5.41) is 0. The Labute approximate surface area is 134 Å². The van der Waals surface area contributed by atoms with Gasteiger partial charge in [-0.3, -0.25) is 11.3 Å². The van der Waals surface area contributed by atoms with Crippen molar-refractivity contribution in [2.75, 3.05) is 5.75 Å². The Balaban J connectivity index is 1.55.